The first-order valence-electron chi connectivity index (χ1n) is 13.8. The summed E-state index contributed by atoms with van der Waals surface area (Å²) >= 11 is 1.74. The topological polar surface area (TPSA) is 12.9 Å². The van der Waals surface area contributed by atoms with Crippen molar-refractivity contribution in [2.45, 2.75) is 76.8 Å². The highest BCUT2D eigenvalue weighted by molar-refractivity contribution is 7.26. The fraction of sp³-hybridized carbons (Fsp3) is 0.364. The Morgan fingerprint density at radius 3 is 2.08 bits per heavy atom. The van der Waals surface area contributed by atoms with E-state index in [2.05, 4.69) is 114 Å². The Labute approximate surface area is 233 Å². The van der Waals surface area contributed by atoms with Gasteiger partial charge in [0.1, 0.15) is 5.67 Å². The molecule has 0 spiro atoms. The molecular weight excluding hydrogens is 518 g/mol. The van der Waals surface area contributed by atoms with Gasteiger partial charge in [0.25, 0.3) is 0 Å². The molecule has 0 unspecified atom stereocenters. The van der Waals surface area contributed by atoms with E-state index in [0.717, 1.165) is 31.6 Å². The van der Waals surface area contributed by atoms with Crippen LogP contribution < -0.4 is 0 Å². The number of alkyl halides is 1. The zero-order chi connectivity index (χ0) is 27.5. The molecule has 2 heterocycles. The summed E-state index contributed by atoms with van der Waals surface area (Å²) in [6.45, 7) is 18.3. The lowest BCUT2D eigenvalue weighted by atomic mass is 9.92. The molecule has 0 fully saturated rings. The van der Waals surface area contributed by atoms with E-state index in [4.69, 9.17) is 4.98 Å². The van der Waals surface area contributed by atoms with Crippen LogP contribution in [0.15, 0.2) is 66.9 Å². The zero-order valence-electron chi connectivity index (χ0n) is 24.1. The van der Waals surface area contributed by atoms with E-state index in [0.29, 0.717) is 18.0 Å². The van der Waals surface area contributed by atoms with Gasteiger partial charge in [0, 0.05) is 48.9 Å². The summed E-state index contributed by atoms with van der Waals surface area (Å²) in [6, 6.07) is 22.9. The predicted molar refractivity (Wildman–Crippen MR) is 173 cm³/mol. The third-order valence-electron chi connectivity index (χ3n) is 7.31. The lowest BCUT2D eigenvalue weighted by Gasteiger charge is -2.36. The van der Waals surface area contributed by atoms with Crippen LogP contribution in [-0.2, 0) is 5.67 Å². The van der Waals surface area contributed by atoms with Crippen LogP contribution in [0.2, 0.25) is 51.4 Å². The molecule has 0 aliphatic rings. The molecule has 0 aliphatic heterocycles. The molecule has 0 N–H and O–H groups in total. The Morgan fingerprint density at radius 2 is 1.42 bits per heavy atom. The van der Waals surface area contributed by atoms with Crippen molar-refractivity contribution < 1.29 is 4.39 Å². The molecule has 1 nitrogen and oxygen atoms in total. The van der Waals surface area contributed by atoms with Crippen LogP contribution in [0, 0.1) is 0 Å². The number of nitrogens with zero attached hydrogens (tertiary/aromatic N) is 1. The molecule has 0 saturated carbocycles. The van der Waals surface area contributed by atoms with Crippen molar-refractivity contribution in [1.82, 2.24) is 4.98 Å². The van der Waals surface area contributed by atoms with Crippen molar-refractivity contribution in [2.24, 2.45) is 0 Å². The summed E-state index contributed by atoms with van der Waals surface area (Å²) in [7, 11) is -3.34. The Balaban J connectivity index is 1.77. The number of halogens is 1. The fourth-order valence-electron chi connectivity index (χ4n) is 6.17. The quantitative estimate of drug-likeness (QED) is 0.181. The van der Waals surface area contributed by atoms with E-state index in [9.17, 15) is 0 Å². The van der Waals surface area contributed by atoms with Crippen LogP contribution >= 0.6 is 11.3 Å². The maximum Gasteiger partial charge on any atom is 0.132 e. The summed E-state index contributed by atoms with van der Waals surface area (Å²) in [5.41, 5.74) is 3.08. The highest BCUT2D eigenvalue weighted by atomic mass is 32.1. The number of thiophene rings is 1. The van der Waals surface area contributed by atoms with Gasteiger partial charge in [-0.2, -0.15) is 0 Å². The van der Waals surface area contributed by atoms with Crippen LogP contribution in [-0.4, -0.2) is 21.1 Å². The van der Waals surface area contributed by atoms with E-state index in [1.54, 1.807) is 11.3 Å². The summed E-state index contributed by atoms with van der Waals surface area (Å²) in [5, 5.41) is 4.88. The SMILES string of the molecule is CC(C)c1cc(-c2nccc3c2sc2c(C(F)(C[Si](C)(C)C)C[Si](C)(C)C)cccc23)cc2ccccc12. The molecule has 2 aromatic heterocycles. The van der Waals surface area contributed by atoms with Crippen molar-refractivity contribution in [2.75, 3.05) is 0 Å². The van der Waals surface area contributed by atoms with Gasteiger partial charge in [0.15, 0.2) is 0 Å². The molecule has 38 heavy (non-hydrogen) atoms. The zero-order valence-corrected chi connectivity index (χ0v) is 26.9. The molecule has 5 aromatic rings. The summed E-state index contributed by atoms with van der Waals surface area (Å²) < 4.78 is 19.6. The van der Waals surface area contributed by atoms with Crippen LogP contribution in [0.1, 0.15) is 30.9 Å². The predicted octanol–water partition coefficient (Wildman–Crippen LogP) is 11.2. The van der Waals surface area contributed by atoms with Crippen LogP contribution in [0.25, 0.3) is 42.2 Å². The second-order valence-electron chi connectivity index (χ2n) is 13.7. The second kappa shape index (κ2) is 9.69. The number of aromatic nitrogens is 1. The Morgan fingerprint density at radius 1 is 0.789 bits per heavy atom. The van der Waals surface area contributed by atoms with Crippen molar-refractivity contribution in [1.29, 1.82) is 0 Å². The molecule has 5 rings (SSSR count). The third-order valence-corrected chi connectivity index (χ3v) is 11.8. The maximum absolute atomic E-state index is 17.4. The van der Waals surface area contributed by atoms with Crippen molar-refractivity contribution >= 4 is 58.4 Å². The molecule has 0 bridgehead atoms. The lowest BCUT2D eigenvalue weighted by molar-refractivity contribution is 0.218. The Hall–Kier alpha value is -2.35. The van der Waals surface area contributed by atoms with E-state index < -0.39 is 21.8 Å². The maximum atomic E-state index is 17.4. The summed E-state index contributed by atoms with van der Waals surface area (Å²) in [6.07, 6.45) is 1.92. The Bertz CT molecular complexity index is 1620. The summed E-state index contributed by atoms with van der Waals surface area (Å²) in [4.78, 5) is 4.92. The minimum absolute atomic E-state index is 0.406. The smallest absolute Gasteiger partial charge is 0.132 e. The van der Waals surface area contributed by atoms with Gasteiger partial charge in [-0.1, -0.05) is 95.6 Å². The first-order valence-corrected chi connectivity index (χ1v) is 22.0. The van der Waals surface area contributed by atoms with Gasteiger partial charge >= 0.3 is 0 Å². The fourth-order valence-corrected chi connectivity index (χ4v) is 11.8. The normalized spacial score (nSPS) is 13.3. The number of pyridine rings is 1. The van der Waals surface area contributed by atoms with Crippen molar-refractivity contribution in [3.8, 4) is 11.3 Å². The molecule has 0 atom stereocenters. The van der Waals surface area contributed by atoms with E-state index in [1.165, 1.54) is 21.7 Å². The van der Waals surface area contributed by atoms with E-state index >= 15 is 4.39 Å². The number of hydrogen-bond acceptors (Lipinski definition) is 2. The van der Waals surface area contributed by atoms with Gasteiger partial charge in [0.2, 0.25) is 0 Å². The van der Waals surface area contributed by atoms with Gasteiger partial charge in [-0.05, 0) is 52.5 Å². The van der Waals surface area contributed by atoms with E-state index in [1.807, 2.05) is 6.20 Å². The number of hydrogen-bond donors (Lipinski definition) is 0. The highest BCUT2D eigenvalue weighted by Crippen LogP contribution is 2.49. The molecular formula is C33H40FNSSi2. The van der Waals surface area contributed by atoms with Gasteiger partial charge in [-0.3, -0.25) is 4.98 Å². The standard InChI is InChI=1S/C33H40FNSSi2/c1-22(2)28-19-24(18-23-12-9-10-13-25(23)28)30-32-27(16-17-35-30)26-14-11-15-29(31(26)36-32)33(34,20-37(3,4)5)21-38(6,7)8/h9-19,22H,20-21H2,1-8H3. The van der Waals surface area contributed by atoms with Gasteiger partial charge in [-0.15, -0.1) is 11.3 Å². The van der Waals surface area contributed by atoms with Crippen LogP contribution in [0.4, 0.5) is 4.39 Å². The second-order valence-corrected chi connectivity index (χ2v) is 25.7. The van der Waals surface area contributed by atoms with Gasteiger partial charge in [0.05, 0.1) is 10.4 Å². The van der Waals surface area contributed by atoms with Crippen LogP contribution in [0.5, 0.6) is 0 Å². The first-order chi connectivity index (χ1) is 17.8. The Kier molecular flexibility index (Phi) is 6.94. The van der Waals surface area contributed by atoms with Gasteiger partial charge < -0.3 is 0 Å². The minimum atomic E-state index is -1.67. The average molecular weight is 558 g/mol. The van der Waals surface area contributed by atoms with Gasteiger partial charge in [-0.25, -0.2) is 4.39 Å². The molecule has 3 aromatic carbocycles. The molecule has 0 aliphatic carbocycles. The third kappa shape index (κ3) is 5.25. The lowest BCUT2D eigenvalue weighted by Crippen LogP contribution is -2.38. The van der Waals surface area contributed by atoms with Crippen molar-refractivity contribution in [3.05, 3.63) is 78.0 Å². The largest absolute Gasteiger partial charge is 0.255 e. The molecule has 5 heteroatoms. The number of rotatable bonds is 7. The first kappa shape index (κ1) is 27.2. The molecule has 198 valence electrons. The molecule has 0 amide bonds. The minimum Gasteiger partial charge on any atom is -0.255 e. The summed E-state index contributed by atoms with van der Waals surface area (Å²) in [5.74, 6) is 0.406. The molecule has 0 saturated heterocycles. The number of benzene rings is 3. The van der Waals surface area contributed by atoms with Crippen LogP contribution in [0.3, 0.4) is 0 Å². The highest BCUT2D eigenvalue weighted by Gasteiger charge is 2.42. The molecule has 0 radical (unpaired) electrons. The monoisotopic (exact) mass is 557 g/mol. The average Bonchev–Trinajstić information content (AvgIpc) is 3.19. The van der Waals surface area contributed by atoms with Crippen molar-refractivity contribution in [3.63, 3.8) is 0 Å². The van der Waals surface area contributed by atoms with E-state index in [-0.39, 0.29) is 0 Å². The number of fused-ring (bicyclic) bond motifs is 4.